The van der Waals surface area contributed by atoms with E-state index in [2.05, 4.69) is 55.9 Å². The van der Waals surface area contributed by atoms with E-state index in [0.717, 1.165) is 49.5 Å². The molecule has 0 fully saturated rings. The summed E-state index contributed by atoms with van der Waals surface area (Å²) in [5.41, 5.74) is 10.5. The highest BCUT2D eigenvalue weighted by Gasteiger charge is 2.12. The van der Waals surface area contributed by atoms with E-state index in [0.29, 0.717) is 12.0 Å². The predicted molar refractivity (Wildman–Crippen MR) is 133 cm³/mol. The third kappa shape index (κ3) is 4.33. The molecule has 158 valence electrons. The van der Waals surface area contributed by atoms with E-state index in [9.17, 15) is 5.26 Å². The molecule has 0 spiro atoms. The van der Waals surface area contributed by atoms with Gasteiger partial charge in [0, 0.05) is 33.8 Å². The first-order valence-corrected chi connectivity index (χ1v) is 11.2. The first-order chi connectivity index (χ1) is 16.1. The lowest BCUT2D eigenvalue weighted by atomic mass is 10.0. The van der Waals surface area contributed by atoms with E-state index in [1.54, 1.807) is 12.3 Å². The van der Waals surface area contributed by atoms with Crippen LogP contribution in [0.5, 0.6) is 0 Å². The number of allylic oxidation sites excluding steroid dienone is 2. The molecule has 3 heterocycles. The van der Waals surface area contributed by atoms with E-state index in [1.165, 1.54) is 0 Å². The van der Waals surface area contributed by atoms with Gasteiger partial charge < -0.3 is 0 Å². The summed E-state index contributed by atoms with van der Waals surface area (Å²) in [5, 5.41) is 14.0. The first kappa shape index (κ1) is 20.8. The minimum absolute atomic E-state index is 0.611. The van der Waals surface area contributed by atoms with Crippen LogP contribution >= 0.6 is 15.9 Å². The number of rotatable bonds is 4. The zero-order valence-electron chi connectivity index (χ0n) is 17.8. The summed E-state index contributed by atoms with van der Waals surface area (Å²) < 4.78 is 2.76. The van der Waals surface area contributed by atoms with Crippen LogP contribution in [0, 0.1) is 11.3 Å². The normalized spacial score (nSPS) is 13.2. The van der Waals surface area contributed by atoms with Crippen molar-refractivity contribution in [3.8, 4) is 17.3 Å². The van der Waals surface area contributed by atoms with Crippen LogP contribution in [0.1, 0.15) is 29.4 Å². The zero-order chi connectivity index (χ0) is 22.8. The fourth-order valence-corrected chi connectivity index (χ4v) is 3.98. The van der Waals surface area contributed by atoms with Gasteiger partial charge in [-0.2, -0.15) is 10.4 Å². The largest absolute Gasteiger partial charge is 0.254 e. The number of fused-ring (bicyclic) bond motifs is 1. The lowest BCUT2D eigenvalue weighted by molar-refractivity contribution is 0.846. The van der Waals surface area contributed by atoms with Crippen molar-refractivity contribution in [2.24, 2.45) is 4.99 Å². The molecule has 0 saturated carbocycles. The first-order valence-electron chi connectivity index (χ1n) is 10.4. The van der Waals surface area contributed by atoms with Crippen molar-refractivity contribution in [3.63, 3.8) is 0 Å². The van der Waals surface area contributed by atoms with E-state index in [-0.39, 0.29) is 0 Å². The average molecular weight is 492 g/mol. The predicted octanol–water partition coefficient (Wildman–Crippen LogP) is 6.00. The molecule has 0 aliphatic carbocycles. The summed E-state index contributed by atoms with van der Waals surface area (Å²) in [5.74, 6) is 0.845. The molecule has 4 aromatic rings. The van der Waals surface area contributed by atoms with Gasteiger partial charge >= 0.3 is 0 Å². The van der Waals surface area contributed by atoms with Gasteiger partial charge in [0.25, 0.3) is 0 Å². The van der Waals surface area contributed by atoms with Crippen LogP contribution in [0.4, 0.5) is 0 Å². The average Bonchev–Trinajstić information content (AvgIpc) is 3.16. The van der Waals surface area contributed by atoms with Crippen LogP contribution in [0.2, 0.25) is 0 Å². The minimum atomic E-state index is 0.611. The molecule has 1 aliphatic rings. The van der Waals surface area contributed by atoms with Crippen molar-refractivity contribution in [1.82, 2.24) is 14.6 Å². The van der Waals surface area contributed by atoms with Crippen LogP contribution in [-0.2, 0) is 6.42 Å². The summed E-state index contributed by atoms with van der Waals surface area (Å²) in [4.78, 5) is 9.24. The SMILES string of the molecule is CC1=C=CC(Br)=CN=C1c1cccc(Cc2ncc3ccc(-c4cccc(C#N)c4)nn23)c1. The van der Waals surface area contributed by atoms with E-state index in [1.807, 2.05) is 60.1 Å². The molecule has 6 heteroatoms. The van der Waals surface area contributed by atoms with E-state index < -0.39 is 0 Å². The van der Waals surface area contributed by atoms with Gasteiger partial charge in [0.2, 0.25) is 0 Å². The third-order valence-corrected chi connectivity index (χ3v) is 5.84. The van der Waals surface area contributed by atoms with Gasteiger partial charge in [-0.05, 0) is 64.8 Å². The highest BCUT2D eigenvalue weighted by Crippen LogP contribution is 2.21. The Kier molecular flexibility index (Phi) is 5.58. The fraction of sp³-hybridized carbons (Fsp3) is 0.0741. The molecule has 0 N–H and O–H groups in total. The smallest absolute Gasteiger partial charge is 0.134 e. The van der Waals surface area contributed by atoms with Gasteiger partial charge in [0.15, 0.2) is 0 Å². The third-order valence-electron chi connectivity index (χ3n) is 5.40. The van der Waals surface area contributed by atoms with Gasteiger partial charge in [-0.15, -0.1) is 5.73 Å². The van der Waals surface area contributed by atoms with Gasteiger partial charge in [0.05, 0.1) is 34.8 Å². The zero-order valence-corrected chi connectivity index (χ0v) is 19.4. The van der Waals surface area contributed by atoms with Gasteiger partial charge in [-0.1, -0.05) is 30.3 Å². The summed E-state index contributed by atoms with van der Waals surface area (Å²) in [7, 11) is 0. The number of nitriles is 1. The van der Waals surface area contributed by atoms with E-state index in [4.69, 9.17) is 5.10 Å². The molecule has 0 unspecified atom stereocenters. The Morgan fingerprint density at radius 2 is 1.91 bits per heavy atom. The molecule has 2 aromatic heterocycles. The molecule has 0 bridgehead atoms. The fourth-order valence-electron chi connectivity index (χ4n) is 3.76. The second-order valence-electron chi connectivity index (χ2n) is 7.70. The highest BCUT2D eigenvalue weighted by atomic mass is 79.9. The van der Waals surface area contributed by atoms with Crippen LogP contribution in [0.15, 0.2) is 99.9 Å². The number of nitrogens with zero attached hydrogens (tertiary/aromatic N) is 5. The number of aliphatic imine (C=N–C) groups is 1. The molecular weight excluding hydrogens is 474 g/mol. The van der Waals surface area contributed by atoms with Gasteiger partial charge in [0.1, 0.15) is 5.82 Å². The van der Waals surface area contributed by atoms with Crippen LogP contribution in [-0.4, -0.2) is 20.3 Å². The standard InChI is InChI=1S/C27H18BrN5/c1-18-8-9-23(28)16-31-27(18)22-7-2-4-19(12-22)14-26-30-17-24-10-11-25(32-33(24)26)21-6-3-5-20(13-21)15-29/h2-7,9-13,16-17H,14H2,1H3. The maximum absolute atomic E-state index is 9.21. The summed E-state index contributed by atoms with van der Waals surface area (Å²) >= 11 is 3.46. The van der Waals surface area contributed by atoms with Gasteiger partial charge in [-0.3, -0.25) is 4.99 Å². The minimum Gasteiger partial charge on any atom is -0.254 e. The number of imidazole rings is 1. The molecule has 5 rings (SSSR count). The topological polar surface area (TPSA) is 66.3 Å². The molecule has 2 aromatic carbocycles. The van der Waals surface area contributed by atoms with Crippen LogP contribution < -0.4 is 0 Å². The van der Waals surface area contributed by atoms with Gasteiger partial charge in [-0.25, -0.2) is 9.50 Å². The molecule has 0 atom stereocenters. The quantitative estimate of drug-likeness (QED) is 0.328. The van der Waals surface area contributed by atoms with Crippen LogP contribution in [0.3, 0.4) is 0 Å². The molecule has 1 aliphatic heterocycles. The Labute approximate surface area is 199 Å². The number of hydrogen-bond acceptors (Lipinski definition) is 4. The van der Waals surface area contributed by atoms with Crippen molar-refractivity contribution in [2.45, 2.75) is 13.3 Å². The van der Waals surface area contributed by atoms with Crippen molar-refractivity contribution >= 4 is 27.2 Å². The molecule has 0 amide bonds. The summed E-state index contributed by atoms with van der Waals surface area (Å²) in [6.45, 7) is 2.01. The van der Waals surface area contributed by atoms with Crippen molar-refractivity contribution in [2.75, 3.05) is 0 Å². The number of aromatic nitrogens is 3. The molecule has 5 nitrogen and oxygen atoms in total. The van der Waals surface area contributed by atoms with Crippen molar-refractivity contribution < 1.29 is 0 Å². The Morgan fingerprint density at radius 3 is 2.79 bits per heavy atom. The highest BCUT2D eigenvalue weighted by molar-refractivity contribution is 9.11. The van der Waals surface area contributed by atoms with Crippen molar-refractivity contribution in [1.29, 1.82) is 5.26 Å². The lowest BCUT2D eigenvalue weighted by Crippen LogP contribution is -2.04. The second kappa shape index (κ2) is 8.84. The number of hydrogen-bond donors (Lipinski definition) is 0. The van der Waals surface area contributed by atoms with E-state index >= 15 is 0 Å². The maximum Gasteiger partial charge on any atom is 0.134 e. The summed E-state index contributed by atoms with van der Waals surface area (Å²) in [6.07, 6.45) is 6.13. The molecule has 0 saturated heterocycles. The number of halogens is 1. The Balaban J connectivity index is 1.50. The maximum atomic E-state index is 9.21. The Hall–Kier alpha value is -4.04. The second-order valence-corrected chi connectivity index (χ2v) is 8.62. The summed E-state index contributed by atoms with van der Waals surface area (Å²) in [6, 6.07) is 21.9. The van der Waals surface area contributed by atoms with Crippen molar-refractivity contribution in [3.05, 3.63) is 117 Å². The van der Waals surface area contributed by atoms with Crippen LogP contribution in [0.25, 0.3) is 16.8 Å². The Morgan fingerprint density at radius 1 is 1.06 bits per heavy atom. The number of benzene rings is 2. The molecule has 33 heavy (non-hydrogen) atoms. The molecule has 0 radical (unpaired) electrons. The monoisotopic (exact) mass is 491 g/mol. The lowest BCUT2D eigenvalue weighted by Gasteiger charge is -2.08. The molecular formula is C27H18BrN5. The Bertz CT molecular complexity index is 1560.